The van der Waals surface area contributed by atoms with Gasteiger partial charge in [0.2, 0.25) is 5.91 Å². The molecule has 2 aromatic heterocycles. The van der Waals surface area contributed by atoms with E-state index in [1.165, 1.54) is 19.3 Å². The molecule has 2 bridgehead atoms. The molecule has 9 nitrogen and oxygen atoms in total. The maximum atomic E-state index is 12.3. The zero-order valence-electron chi connectivity index (χ0n) is 17.7. The van der Waals surface area contributed by atoms with Crippen LogP contribution in [0.3, 0.4) is 0 Å². The molecule has 31 heavy (non-hydrogen) atoms. The lowest BCUT2D eigenvalue weighted by molar-refractivity contribution is -0.115. The van der Waals surface area contributed by atoms with Gasteiger partial charge in [-0.25, -0.2) is 4.79 Å². The largest absolute Gasteiger partial charge is 0.446 e. The Labute approximate surface area is 180 Å². The fraction of sp³-hybridized carbons (Fsp3) is 0.636. The number of rotatable bonds is 6. The molecule has 5 atom stereocenters. The minimum atomic E-state index is -0.275. The summed E-state index contributed by atoms with van der Waals surface area (Å²) in [6.45, 7) is 1.81. The Kier molecular flexibility index (Phi) is 5.41. The van der Waals surface area contributed by atoms with Gasteiger partial charge in [0.05, 0.1) is 12.1 Å². The number of nitrogens with one attached hydrogen (secondary N) is 3. The van der Waals surface area contributed by atoms with E-state index in [9.17, 15) is 9.59 Å². The second-order valence-electron chi connectivity index (χ2n) is 9.33. The topological polar surface area (TPSA) is 122 Å². The summed E-state index contributed by atoms with van der Waals surface area (Å²) in [4.78, 5) is 24.5. The lowest BCUT2D eigenvalue weighted by atomic mass is 9.96. The first-order valence-corrected chi connectivity index (χ1v) is 11.3. The molecule has 2 amide bonds. The number of nitrogens with zero attached hydrogens (tertiary/aromatic N) is 2. The summed E-state index contributed by atoms with van der Waals surface area (Å²) in [7, 11) is 0. The number of fused-ring (bicyclic) bond motifs is 2. The van der Waals surface area contributed by atoms with Gasteiger partial charge in [0.25, 0.3) is 0 Å². The van der Waals surface area contributed by atoms with Crippen molar-refractivity contribution in [1.29, 1.82) is 0 Å². The fourth-order valence-corrected chi connectivity index (χ4v) is 5.54. The van der Waals surface area contributed by atoms with Crippen LogP contribution in [0, 0.1) is 18.8 Å². The van der Waals surface area contributed by atoms with Gasteiger partial charge in [-0.1, -0.05) is 11.6 Å². The van der Waals surface area contributed by atoms with Gasteiger partial charge < -0.3 is 19.9 Å². The van der Waals surface area contributed by atoms with Crippen LogP contribution >= 0.6 is 0 Å². The molecular weight excluding hydrogens is 398 g/mol. The van der Waals surface area contributed by atoms with Crippen LogP contribution in [0.2, 0.25) is 0 Å². The third-order valence-electron chi connectivity index (χ3n) is 7.02. The minimum Gasteiger partial charge on any atom is -0.446 e. The Morgan fingerprint density at radius 1 is 1.19 bits per heavy atom. The molecule has 3 fully saturated rings. The van der Waals surface area contributed by atoms with Crippen molar-refractivity contribution in [3.63, 3.8) is 0 Å². The number of hydrogen-bond donors (Lipinski definition) is 3. The summed E-state index contributed by atoms with van der Waals surface area (Å²) in [6.07, 6.45) is 7.17. The molecule has 0 aromatic carbocycles. The third kappa shape index (κ3) is 4.60. The molecule has 0 saturated heterocycles. The number of aryl methyl sites for hydroxylation is 1. The van der Waals surface area contributed by atoms with E-state index in [0.29, 0.717) is 23.5 Å². The monoisotopic (exact) mass is 427 g/mol. The van der Waals surface area contributed by atoms with E-state index in [4.69, 9.17) is 9.26 Å². The van der Waals surface area contributed by atoms with Crippen molar-refractivity contribution in [3.05, 3.63) is 29.3 Å². The predicted molar refractivity (Wildman–Crippen MR) is 111 cm³/mol. The molecule has 3 N–H and O–H groups in total. The van der Waals surface area contributed by atoms with Crippen LogP contribution in [-0.4, -0.2) is 39.5 Å². The molecule has 166 valence electrons. The average Bonchev–Trinajstić information content (AvgIpc) is 3.51. The molecule has 3 aliphatic rings. The van der Waals surface area contributed by atoms with Crippen molar-refractivity contribution < 1.29 is 18.8 Å². The number of aromatic amines is 1. The van der Waals surface area contributed by atoms with Crippen LogP contribution in [0.25, 0.3) is 0 Å². The molecule has 3 unspecified atom stereocenters. The third-order valence-corrected chi connectivity index (χ3v) is 7.02. The molecule has 2 aromatic rings. The van der Waals surface area contributed by atoms with Crippen LogP contribution < -0.4 is 10.6 Å². The number of aromatic nitrogens is 3. The first-order valence-electron chi connectivity index (χ1n) is 11.3. The maximum absolute atomic E-state index is 12.3. The number of H-pyrrole nitrogens is 1. The second-order valence-corrected chi connectivity index (χ2v) is 9.33. The number of carbonyl (C=O) groups is 2. The van der Waals surface area contributed by atoms with E-state index in [1.54, 1.807) is 6.07 Å². The molecule has 9 heteroatoms. The van der Waals surface area contributed by atoms with Gasteiger partial charge in [0.1, 0.15) is 11.9 Å². The van der Waals surface area contributed by atoms with E-state index in [0.717, 1.165) is 43.0 Å². The lowest BCUT2D eigenvalue weighted by Crippen LogP contribution is -2.40. The van der Waals surface area contributed by atoms with Gasteiger partial charge in [-0.3, -0.25) is 9.89 Å². The zero-order valence-corrected chi connectivity index (χ0v) is 17.7. The Morgan fingerprint density at radius 2 is 2.10 bits per heavy atom. The van der Waals surface area contributed by atoms with Crippen molar-refractivity contribution in [3.8, 4) is 0 Å². The van der Waals surface area contributed by atoms with Gasteiger partial charge in [0, 0.05) is 29.8 Å². The molecule has 3 saturated carbocycles. The molecule has 0 radical (unpaired) electrons. The Balaban J connectivity index is 1.08. The van der Waals surface area contributed by atoms with E-state index in [1.807, 2.05) is 13.0 Å². The number of amides is 2. The zero-order chi connectivity index (χ0) is 21.4. The van der Waals surface area contributed by atoms with Gasteiger partial charge in [-0.2, -0.15) is 5.10 Å². The van der Waals surface area contributed by atoms with Crippen molar-refractivity contribution in [2.24, 2.45) is 11.8 Å². The van der Waals surface area contributed by atoms with Crippen LogP contribution in [0.4, 0.5) is 10.6 Å². The van der Waals surface area contributed by atoms with Gasteiger partial charge >= 0.3 is 6.09 Å². The number of alkyl carbamates (subject to hydrolysis) is 1. The maximum Gasteiger partial charge on any atom is 0.407 e. The fourth-order valence-electron chi connectivity index (χ4n) is 5.54. The van der Waals surface area contributed by atoms with Crippen LogP contribution in [0.5, 0.6) is 0 Å². The summed E-state index contributed by atoms with van der Waals surface area (Å²) in [5.41, 5.74) is 1.69. The Morgan fingerprint density at radius 3 is 2.84 bits per heavy atom. The van der Waals surface area contributed by atoms with E-state index >= 15 is 0 Å². The molecule has 0 aliphatic heterocycles. The quantitative estimate of drug-likeness (QED) is 0.649. The number of carbonyl (C=O) groups excluding carboxylic acids is 2. The number of ether oxygens (including phenoxy) is 1. The highest BCUT2D eigenvalue weighted by atomic mass is 16.6. The average molecular weight is 428 g/mol. The van der Waals surface area contributed by atoms with Gasteiger partial charge in [-0.05, 0) is 57.3 Å². The minimum absolute atomic E-state index is 0.0837. The lowest BCUT2D eigenvalue weighted by Gasteiger charge is -2.23. The molecule has 3 aliphatic carbocycles. The summed E-state index contributed by atoms with van der Waals surface area (Å²) >= 11 is 0. The molecular formula is C22H29N5O4. The van der Waals surface area contributed by atoms with Crippen molar-refractivity contribution >= 4 is 17.8 Å². The summed E-state index contributed by atoms with van der Waals surface area (Å²) in [5.74, 6) is 2.45. The first-order chi connectivity index (χ1) is 15.0. The Bertz CT molecular complexity index is 953. The smallest absolute Gasteiger partial charge is 0.407 e. The summed E-state index contributed by atoms with van der Waals surface area (Å²) in [5, 5.41) is 16.9. The first kappa shape index (κ1) is 20.1. The highest BCUT2D eigenvalue weighted by Crippen LogP contribution is 2.44. The van der Waals surface area contributed by atoms with E-state index in [-0.39, 0.29) is 30.4 Å². The molecule has 2 heterocycles. The predicted octanol–water partition coefficient (Wildman–Crippen LogP) is 3.44. The van der Waals surface area contributed by atoms with Crippen LogP contribution in [0.15, 0.2) is 16.7 Å². The highest BCUT2D eigenvalue weighted by molar-refractivity contribution is 5.91. The SMILES string of the molecule is Cc1cc(CC(=O)Nc2cc([C@@H]3CC[C@@H](OC(=O)NC4CC5CCC4C5)C3)[nH]n2)on1. The standard InChI is InChI=1S/C22H29N5O4/c1-12-6-17(31-27-12)10-21(28)24-20-11-19(25-26-20)15-4-5-16(9-15)30-22(29)23-18-8-13-2-3-14(18)7-13/h6,11,13-16,18H,2-5,7-10H2,1H3,(H,23,29)(H2,24,25,26,28)/t13?,14?,15-,16-,18?/m1/s1. The van der Waals surface area contributed by atoms with Crippen molar-refractivity contribution in [1.82, 2.24) is 20.7 Å². The normalized spacial score (nSPS) is 29.3. The summed E-state index contributed by atoms with van der Waals surface area (Å²) in [6, 6.07) is 3.89. The molecule has 0 spiro atoms. The van der Waals surface area contributed by atoms with E-state index in [2.05, 4.69) is 26.0 Å². The van der Waals surface area contributed by atoms with Crippen molar-refractivity contribution in [2.45, 2.75) is 76.4 Å². The van der Waals surface area contributed by atoms with Gasteiger partial charge in [-0.15, -0.1) is 0 Å². The number of hydrogen-bond acceptors (Lipinski definition) is 6. The van der Waals surface area contributed by atoms with Crippen LogP contribution in [0.1, 0.15) is 68.0 Å². The van der Waals surface area contributed by atoms with Crippen LogP contribution in [-0.2, 0) is 16.0 Å². The van der Waals surface area contributed by atoms with Crippen molar-refractivity contribution in [2.75, 3.05) is 5.32 Å². The second kappa shape index (κ2) is 8.36. The summed E-state index contributed by atoms with van der Waals surface area (Å²) < 4.78 is 10.8. The van der Waals surface area contributed by atoms with Gasteiger partial charge in [0.15, 0.2) is 5.82 Å². The Hall–Kier alpha value is -2.84. The molecule has 5 rings (SSSR count). The highest BCUT2D eigenvalue weighted by Gasteiger charge is 2.40. The number of anilines is 1. The van der Waals surface area contributed by atoms with E-state index < -0.39 is 0 Å².